The third-order valence-electron chi connectivity index (χ3n) is 3.13. The molecule has 0 aliphatic rings. The number of nitriles is 1. The maximum atomic E-state index is 12.4. The number of pyridine rings is 1. The molecule has 1 rings (SSSR count). The fourth-order valence-electron chi connectivity index (χ4n) is 2.11. The van der Waals surface area contributed by atoms with Gasteiger partial charge in [0.2, 0.25) is 0 Å². The molecule has 0 amide bonds. The molecule has 1 aromatic rings. The highest BCUT2D eigenvalue weighted by Gasteiger charge is 2.25. The van der Waals surface area contributed by atoms with Crippen LogP contribution in [0.3, 0.4) is 0 Å². The van der Waals surface area contributed by atoms with E-state index in [4.69, 9.17) is 16.4 Å². The van der Waals surface area contributed by atoms with Gasteiger partial charge in [0.05, 0.1) is 0 Å². The van der Waals surface area contributed by atoms with E-state index in [9.17, 15) is 9.59 Å². The zero-order valence-electron chi connectivity index (χ0n) is 12.4. The van der Waals surface area contributed by atoms with E-state index in [0.29, 0.717) is 12.1 Å². The van der Waals surface area contributed by atoms with Crippen molar-refractivity contribution in [2.24, 2.45) is 0 Å². The Morgan fingerprint density at radius 2 is 2.14 bits per heavy atom. The topological polar surface area (TPSA) is 72.1 Å². The molecule has 0 bridgehead atoms. The average Bonchev–Trinajstić information content (AvgIpc) is 2.46. The summed E-state index contributed by atoms with van der Waals surface area (Å²) in [4.78, 5) is 24.5. The second-order valence-electron chi connectivity index (χ2n) is 4.85. The van der Waals surface area contributed by atoms with Crippen LogP contribution in [-0.2, 0) is 9.53 Å². The van der Waals surface area contributed by atoms with Crippen LogP contribution in [0.25, 0.3) is 0 Å². The number of hydrogen-bond acceptors (Lipinski definition) is 4. The van der Waals surface area contributed by atoms with Crippen LogP contribution in [0.5, 0.6) is 0 Å². The number of carbonyl (C=O) groups excluding carboxylic acids is 1. The van der Waals surface area contributed by atoms with Gasteiger partial charge in [0.15, 0.2) is 6.61 Å². The summed E-state index contributed by atoms with van der Waals surface area (Å²) in [5, 5.41) is 9.00. The normalized spacial score (nSPS) is 11.5. The Kier molecular flexibility index (Phi) is 5.75. The molecule has 110 valence electrons. The van der Waals surface area contributed by atoms with Crippen molar-refractivity contribution < 1.29 is 9.53 Å². The number of hydrogen-bond donors (Lipinski definition) is 0. The highest BCUT2D eigenvalue weighted by molar-refractivity contribution is 5.74. The van der Waals surface area contributed by atoms with Crippen LogP contribution in [-0.4, -0.2) is 17.1 Å². The van der Waals surface area contributed by atoms with Gasteiger partial charge in [-0.25, -0.2) is 4.79 Å². The predicted octanol–water partition coefficient (Wildman–Crippen LogP) is 1.97. The lowest BCUT2D eigenvalue weighted by Crippen LogP contribution is -2.34. The Bertz CT molecular complexity index is 660. The summed E-state index contributed by atoms with van der Waals surface area (Å²) in [6.07, 6.45) is 5.44. The summed E-state index contributed by atoms with van der Waals surface area (Å²) >= 11 is 0. The number of rotatable bonds is 5. The van der Waals surface area contributed by atoms with Crippen molar-refractivity contribution in [3.63, 3.8) is 0 Å². The summed E-state index contributed by atoms with van der Waals surface area (Å²) in [5.74, 6) is 1.69. The number of nitrogens with zero attached hydrogens (tertiary/aromatic N) is 2. The van der Waals surface area contributed by atoms with Crippen LogP contribution in [0.4, 0.5) is 0 Å². The van der Waals surface area contributed by atoms with Crippen molar-refractivity contribution >= 4 is 5.97 Å². The highest BCUT2D eigenvalue weighted by atomic mass is 16.5. The first-order chi connectivity index (χ1) is 9.97. The van der Waals surface area contributed by atoms with Crippen LogP contribution >= 0.6 is 0 Å². The molecule has 1 aromatic heterocycles. The molecule has 0 fully saturated rings. The van der Waals surface area contributed by atoms with Crippen LogP contribution in [0, 0.1) is 23.7 Å². The minimum atomic E-state index is -0.781. The van der Waals surface area contributed by atoms with E-state index in [1.54, 1.807) is 13.0 Å². The second kappa shape index (κ2) is 7.31. The van der Waals surface area contributed by atoms with Crippen molar-refractivity contribution in [1.82, 2.24) is 4.57 Å². The van der Waals surface area contributed by atoms with E-state index in [0.717, 1.165) is 0 Å². The zero-order valence-corrected chi connectivity index (χ0v) is 12.4. The molecule has 21 heavy (non-hydrogen) atoms. The molecule has 0 aliphatic heterocycles. The maximum Gasteiger partial charge on any atom is 0.330 e. The van der Waals surface area contributed by atoms with Crippen molar-refractivity contribution in [1.29, 1.82) is 5.26 Å². The lowest BCUT2D eigenvalue weighted by atomic mass is 10.1. The van der Waals surface area contributed by atoms with Gasteiger partial charge in [-0.05, 0) is 24.5 Å². The first kappa shape index (κ1) is 16.5. The van der Waals surface area contributed by atoms with Gasteiger partial charge in [0, 0.05) is 5.69 Å². The van der Waals surface area contributed by atoms with Crippen molar-refractivity contribution in [3.8, 4) is 18.4 Å². The molecule has 0 aliphatic carbocycles. The molecule has 0 N–H and O–H groups in total. The summed E-state index contributed by atoms with van der Waals surface area (Å²) in [6.45, 7) is 5.46. The highest BCUT2D eigenvalue weighted by Crippen LogP contribution is 2.20. The Morgan fingerprint density at radius 3 is 2.62 bits per heavy atom. The van der Waals surface area contributed by atoms with E-state index in [-0.39, 0.29) is 18.1 Å². The molecular weight excluding hydrogens is 268 g/mol. The lowest BCUT2D eigenvalue weighted by Gasteiger charge is -2.22. The first-order valence-corrected chi connectivity index (χ1v) is 6.73. The van der Waals surface area contributed by atoms with Gasteiger partial charge < -0.3 is 4.74 Å². The van der Waals surface area contributed by atoms with E-state index in [1.165, 1.54) is 10.6 Å². The largest absolute Gasteiger partial charge is 0.451 e. The molecule has 5 heteroatoms. The third kappa shape index (κ3) is 3.52. The molecule has 0 spiro atoms. The number of esters is 1. The minimum Gasteiger partial charge on any atom is -0.451 e. The van der Waals surface area contributed by atoms with Gasteiger partial charge in [0.1, 0.15) is 17.7 Å². The quantitative estimate of drug-likeness (QED) is 0.613. The van der Waals surface area contributed by atoms with Gasteiger partial charge in [-0.15, -0.1) is 6.42 Å². The first-order valence-electron chi connectivity index (χ1n) is 6.73. The minimum absolute atomic E-state index is 0.00241. The maximum absolute atomic E-state index is 12.4. The van der Waals surface area contributed by atoms with Gasteiger partial charge in [0.25, 0.3) is 5.56 Å². The van der Waals surface area contributed by atoms with Crippen LogP contribution in [0.1, 0.15) is 50.4 Å². The Labute approximate surface area is 124 Å². The van der Waals surface area contributed by atoms with E-state index < -0.39 is 17.6 Å². The van der Waals surface area contributed by atoms with Crippen molar-refractivity contribution in [3.05, 3.63) is 33.7 Å². The monoisotopic (exact) mass is 286 g/mol. The second-order valence-corrected chi connectivity index (χ2v) is 4.85. The molecular formula is C16H18N2O3. The Balaban J connectivity index is 3.44. The Morgan fingerprint density at radius 1 is 1.48 bits per heavy atom. The molecule has 0 aromatic carbocycles. The van der Waals surface area contributed by atoms with Crippen LogP contribution in [0.2, 0.25) is 0 Å². The SMILES string of the molecule is C#CCOC(=O)C(CC)n1c(C(C)C)ccc(C#N)c1=O. The molecule has 0 radical (unpaired) electrons. The fourth-order valence-corrected chi connectivity index (χ4v) is 2.11. The molecule has 5 nitrogen and oxygen atoms in total. The predicted molar refractivity (Wildman–Crippen MR) is 78.6 cm³/mol. The van der Waals surface area contributed by atoms with Crippen molar-refractivity contribution in [2.75, 3.05) is 6.61 Å². The molecule has 1 atom stereocenters. The van der Waals surface area contributed by atoms with Crippen LogP contribution in [0.15, 0.2) is 16.9 Å². The van der Waals surface area contributed by atoms with Gasteiger partial charge in [-0.2, -0.15) is 5.26 Å². The van der Waals surface area contributed by atoms with E-state index >= 15 is 0 Å². The average molecular weight is 286 g/mol. The number of aromatic nitrogens is 1. The summed E-state index contributed by atoms with van der Waals surface area (Å²) in [7, 11) is 0. The van der Waals surface area contributed by atoms with Crippen molar-refractivity contribution in [2.45, 2.75) is 39.2 Å². The summed E-state index contributed by atoms with van der Waals surface area (Å²) in [5.41, 5.74) is 0.208. The molecule has 0 saturated carbocycles. The standard InChI is InChI=1S/C16H18N2O3/c1-5-9-21-16(20)13(6-2)18-14(11(3)4)8-7-12(10-17)15(18)19/h1,7-8,11,13H,6,9H2,2-4H3. The summed E-state index contributed by atoms with van der Waals surface area (Å²) < 4.78 is 6.29. The number of terminal acetylenes is 1. The number of ether oxygens (including phenoxy) is 1. The molecule has 1 unspecified atom stereocenters. The zero-order chi connectivity index (χ0) is 16.0. The smallest absolute Gasteiger partial charge is 0.330 e. The fraction of sp³-hybridized carbons (Fsp3) is 0.438. The van der Waals surface area contributed by atoms with Gasteiger partial charge in [-0.3, -0.25) is 9.36 Å². The lowest BCUT2D eigenvalue weighted by molar-refractivity contribution is -0.146. The molecule has 0 saturated heterocycles. The summed E-state index contributed by atoms with van der Waals surface area (Å²) in [6, 6.07) is 4.24. The van der Waals surface area contributed by atoms with E-state index in [2.05, 4.69) is 5.92 Å². The number of carbonyl (C=O) groups is 1. The third-order valence-corrected chi connectivity index (χ3v) is 3.13. The van der Waals surface area contributed by atoms with Gasteiger partial charge >= 0.3 is 5.97 Å². The van der Waals surface area contributed by atoms with E-state index in [1.807, 2.05) is 19.9 Å². The van der Waals surface area contributed by atoms with Crippen LogP contribution < -0.4 is 5.56 Å². The molecule has 1 heterocycles. The van der Waals surface area contributed by atoms with Gasteiger partial charge in [-0.1, -0.05) is 26.7 Å². The Hall–Kier alpha value is -2.53.